The quantitative estimate of drug-likeness (QED) is 0.910. The summed E-state index contributed by atoms with van der Waals surface area (Å²) in [6.07, 6.45) is 3.25. The highest BCUT2D eigenvalue weighted by Crippen LogP contribution is 2.26. The third-order valence-corrected chi connectivity index (χ3v) is 3.03. The molecule has 3 nitrogen and oxygen atoms in total. The lowest BCUT2D eigenvalue weighted by molar-refractivity contribution is 0.882. The van der Waals surface area contributed by atoms with Gasteiger partial charge in [0.1, 0.15) is 6.07 Å². The average Bonchev–Trinajstić information content (AvgIpc) is 2.39. The summed E-state index contributed by atoms with van der Waals surface area (Å²) >= 11 is 6.14. The van der Waals surface area contributed by atoms with Gasteiger partial charge in [-0.15, -0.1) is 0 Å². The van der Waals surface area contributed by atoms with Crippen molar-refractivity contribution >= 4 is 17.3 Å². The van der Waals surface area contributed by atoms with Crippen LogP contribution in [-0.4, -0.2) is 4.98 Å². The first kappa shape index (κ1) is 12.4. The standard InChI is InChI=1S/C14H12ClN3/c1-10(12-4-2-3-5-13(12)15)18-14-9-17-7-6-11(14)8-16/h2-7,9-10,18H,1H3. The number of nitrogens with one attached hydrogen (secondary N) is 1. The first-order valence-electron chi connectivity index (χ1n) is 5.57. The van der Waals surface area contributed by atoms with Crippen LogP contribution in [0.5, 0.6) is 0 Å². The minimum atomic E-state index is 0.00926. The third-order valence-electron chi connectivity index (χ3n) is 2.69. The van der Waals surface area contributed by atoms with Gasteiger partial charge in [0.05, 0.1) is 23.5 Å². The predicted octanol–water partition coefficient (Wildman–Crippen LogP) is 3.78. The van der Waals surface area contributed by atoms with Crippen molar-refractivity contribution in [3.8, 4) is 6.07 Å². The minimum absolute atomic E-state index is 0.00926. The maximum atomic E-state index is 9.01. The van der Waals surface area contributed by atoms with Crippen LogP contribution in [0.3, 0.4) is 0 Å². The van der Waals surface area contributed by atoms with Crippen molar-refractivity contribution in [3.05, 3.63) is 58.9 Å². The van der Waals surface area contributed by atoms with Crippen molar-refractivity contribution in [3.63, 3.8) is 0 Å². The van der Waals surface area contributed by atoms with Gasteiger partial charge in [-0.05, 0) is 24.6 Å². The Morgan fingerprint density at radius 3 is 2.83 bits per heavy atom. The molecule has 1 aromatic heterocycles. The average molecular weight is 258 g/mol. The molecule has 0 saturated carbocycles. The van der Waals surface area contributed by atoms with E-state index in [0.29, 0.717) is 16.3 Å². The fraction of sp³-hybridized carbons (Fsp3) is 0.143. The maximum absolute atomic E-state index is 9.01. The lowest BCUT2D eigenvalue weighted by Gasteiger charge is -2.17. The minimum Gasteiger partial charge on any atom is -0.376 e. The van der Waals surface area contributed by atoms with E-state index < -0.39 is 0 Å². The second-order valence-electron chi connectivity index (χ2n) is 3.92. The van der Waals surface area contributed by atoms with E-state index in [4.69, 9.17) is 16.9 Å². The van der Waals surface area contributed by atoms with Gasteiger partial charge in [0.2, 0.25) is 0 Å². The van der Waals surface area contributed by atoms with Crippen LogP contribution in [0, 0.1) is 11.3 Å². The van der Waals surface area contributed by atoms with Crippen molar-refractivity contribution < 1.29 is 0 Å². The number of anilines is 1. The van der Waals surface area contributed by atoms with E-state index in [1.165, 1.54) is 0 Å². The molecule has 1 heterocycles. The van der Waals surface area contributed by atoms with Crippen LogP contribution in [0.2, 0.25) is 5.02 Å². The van der Waals surface area contributed by atoms with Crippen LogP contribution < -0.4 is 5.32 Å². The summed E-state index contributed by atoms with van der Waals surface area (Å²) in [7, 11) is 0. The van der Waals surface area contributed by atoms with Crippen LogP contribution in [0.15, 0.2) is 42.7 Å². The lowest BCUT2D eigenvalue weighted by atomic mass is 10.1. The van der Waals surface area contributed by atoms with Crippen LogP contribution >= 0.6 is 11.6 Å². The van der Waals surface area contributed by atoms with Gasteiger partial charge >= 0.3 is 0 Å². The number of hydrogen-bond donors (Lipinski definition) is 1. The molecule has 0 aliphatic rings. The van der Waals surface area contributed by atoms with E-state index in [1.54, 1.807) is 18.5 Å². The van der Waals surface area contributed by atoms with E-state index in [-0.39, 0.29) is 6.04 Å². The zero-order chi connectivity index (χ0) is 13.0. The van der Waals surface area contributed by atoms with Crippen LogP contribution in [0.1, 0.15) is 24.1 Å². The topological polar surface area (TPSA) is 48.7 Å². The van der Waals surface area contributed by atoms with Gasteiger partial charge in [0.25, 0.3) is 0 Å². The van der Waals surface area contributed by atoms with Gasteiger partial charge in [0, 0.05) is 11.2 Å². The summed E-state index contributed by atoms with van der Waals surface area (Å²) in [6.45, 7) is 2.00. The largest absolute Gasteiger partial charge is 0.376 e. The maximum Gasteiger partial charge on any atom is 0.101 e. The first-order valence-corrected chi connectivity index (χ1v) is 5.95. The van der Waals surface area contributed by atoms with E-state index in [0.717, 1.165) is 5.56 Å². The fourth-order valence-electron chi connectivity index (χ4n) is 1.74. The smallest absolute Gasteiger partial charge is 0.101 e. The number of halogens is 1. The number of aromatic nitrogens is 1. The second kappa shape index (κ2) is 5.52. The Balaban J connectivity index is 2.25. The van der Waals surface area contributed by atoms with Crippen molar-refractivity contribution in [1.29, 1.82) is 5.26 Å². The molecule has 4 heteroatoms. The highest BCUT2D eigenvalue weighted by Gasteiger charge is 2.10. The van der Waals surface area contributed by atoms with E-state index in [1.807, 2.05) is 31.2 Å². The molecule has 18 heavy (non-hydrogen) atoms. The number of rotatable bonds is 3. The summed E-state index contributed by atoms with van der Waals surface area (Å²) in [5, 5.41) is 13.0. The van der Waals surface area contributed by atoms with E-state index >= 15 is 0 Å². The van der Waals surface area contributed by atoms with Crippen molar-refractivity contribution in [2.75, 3.05) is 5.32 Å². The number of hydrogen-bond acceptors (Lipinski definition) is 3. The molecule has 1 aromatic carbocycles. The number of nitriles is 1. The number of pyridine rings is 1. The van der Waals surface area contributed by atoms with Gasteiger partial charge in [-0.2, -0.15) is 5.26 Å². The fourth-order valence-corrected chi connectivity index (χ4v) is 2.04. The summed E-state index contributed by atoms with van der Waals surface area (Å²) in [5.74, 6) is 0. The molecule has 0 bridgehead atoms. The molecule has 0 aliphatic heterocycles. The summed E-state index contributed by atoms with van der Waals surface area (Å²) in [4.78, 5) is 4.02. The summed E-state index contributed by atoms with van der Waals surface area (Å²) in [6, 6.07) is 11.5. The van der Waals surface area contributed by atoms with Crippen molar-refractivity contribution in [1.82, 2.24) is 4.98 Å². The molecule has 2 aromatic rings. The highest BCUT2D eigenvalue weighted by molar-refractivity contribution is 6.31. The molecular formula is C14H12ClN3. The molecule has 2 rings (SSSR count). The summed E-state index contributed by atoms with van der Waals surface area (Å²) in [5.41, 5.74) is 2.28. The van der Waals surface area contributed by atoms with Gasteiger partial charge in [0.15, 0.2) is 0 Å². The monoisotopic (exact) mass is 257 g/mol. The first-order chi connectivity index (χ1) is 8.72. The summed E-state index contributed by atoms with van der Waals surface area (Å²) < 4.78 is 0. The third kappa shape index (κ3) is 2.61. The molecule has 1 atom stereocenters. The molecule has 0 saturated heterocycles. The molecule has 90 valence electrons. The Bertz CT molecular complexity index is 590. The zero-order valence-electron chi connectivity index (χ0n) is 9.89. The van der Waals surface area contributed by atoms with Crippen LogP contribution in [0.25, 0.3) is 0 Å². The Kier molecular flexibility index (Phi) is 3.81. The highest BCUT2D eigenvalue weighted by atomic mass is 35.5. The zero-order valence-corrected chi connectivity index (χ0v) is 10.6. The molecule has 0 fully saturated rings. The molecule has 1 N–H and O–H groups in total. The normalized spacial score (nSPS) is 11.6. The molecule has 0 aliphatic carbocycles. The number of nitrogens with zero attached hydrogens (tertiary/aromatic N) is 2. The van der Waals surface area contributed by atoms with Gasteiger partial charge in [-0.25, -0.2) is 0 Å². The molecule has 0 spiro atoms. The van der Waals surface area contributed by atoms with E-state index in [2.05, 4.69) is 16.4 Å². The van der Waals surface area contributed by atoms with Gasteiger partial charge in [-0.3, -0.25) is 4.98 Å². The van der Waals surface area contributed by atoms with Crippen LogP contribution in [-0.2, 0) is 0 Å². The second-order valence-corrected chi connectivity index (χ2v) is 4.33. The van der Waals surface area contributed by atoms with Gasteiger partial charge in [-0.1, -0.05) is 29.8 Å². The molecule has 0 amide bonds. The van der Waals surface area contributed by atoms with Crippen molar-refractivity contribution in [2.24, 2.45) is 0 Å². The predicted molar refractivity (Wildman–Crippen MR) is 72.4 cm³/mol. The Hall–Kier alpha value is -2.05. The van der Waals surface area contributed by atoms with E-state index in [9.17, 15) is 0 Å². The number of benzene rings is 1. The molecule has 0 radical (unpaired) electrons. The molecule has 1 unspecified atom stereocenters. The Morgan fingerprint density at radius 1 is 1.33 bits per heavy atom. The molecular weight excluding hydrogens is 246 g/mol. The lowest BCUT2D eigenvalue weighted by Crippen LogP contribution is -2.08. The van der Waals surface area contributed by atoms with Crippen LogP contribution in [0.4, 0.5) is 5.69 Å². The van der Waals surface area contributed by atoms with Crippen molar-refractivity contribution in [2.45, 2.75) is 13.0 Å². The SMILES string of the molecule is CC(Nc1cnccc1C#N)c1ccccc1Cl. The van der Waals surface area contributed by atoms with Gasteiger partial charge < -0.3 is 5.32 Å². The Labute approximate surface area is 111 Å². The Morgan fingerprint density at radius 2 is 2.11 bits per heavy atom.